The molecule has 1 unspecified atom stereocenters. The van der Waals surface area contributed by atoms with E-state index in [0.29, 0.717) is 26.2 Å². The van der Waals surface area contributed by atoms with Crippen molar-refractivity contribution in [3.05, 3.63) is 17.5 Å². The van der Waals surface area contributed by atoms with Crippen LogP contribution < -0.4 is 5.32 Å². The lowest BCUT2D eigenvalue weighted by Crippen LogP contribution is -2.58. The number of nitrogens with one attached hydrogen (secondary N) is 1. The molecular weight excluding hydrogens is 308 g/mol. The van der Waals surface area contributed by atoms with Crippen LogP contribution in [0.3, 0.4) is 0 Å². The normalized spacial score (nSPS) is 24.1. The third-order valence-electron chi connectivity index (χ3n) is 5.10. The quantitative estimate of drug-likeness (QED) is 0.867. The molecule has 2 fully saturated rings. The van der Waals surface area contributed by atoms with Gasteiger partial charge in [-0.3, -0.25) is 9.48 Å². The van der Waals surface area contributed by atoms with Crippen LogP contribution in [0.4, 0.5) is 0 Å². The average molecular weight is 336 g/mol. The van der Waals surface area contributed by atoms with Gasteiger partial charge in [0, 0.05) is 25.9 Å². The Balaban J connectivity index is 1.66. The Labute approximate surface area is 143 Å². The van der Waals surface area contributed by atoms with Gasteiger partial charge < -0.3 is 19.7 Å². The molecule has 1 atom stereocenters. The van der Waals surface area contributed by atoms with E-state index >= 15 is 0 Å². The van der Waals surface area contributed by atoms with Gasteiger partial charge in [-0.25, -0.2) is 0 Å². The van der Waals surface area contributed by atoms with Crippen LogP contribution in [0.5, 0.6) is 0 Å². The fraction of sp³-hybridized carbons (Fsp3) is 0.765. The van der Waals surface area contributed by atoms with Crippen LogP contribution >= 0.6 is 0 Å². The van der Waals surface area contributed by atoms with Crippen molar-refractivity contribution in [1.82, 2.24) is 20.0 Å². The molecule has 2 aliphatic heterocycles. The number of ether oxygens (including phenoxy) is 2. The topological polar surface area (TPSA) is 68.6 Å². The van der Waals surface area contributed by atoms with Crippen molar-refractivity contribution in [2.24, 2.45) is 0 Å². The molecule has 1 N–H and O–H groups in total. The van der Waals surface area contributed by atoms with E-state index in [-0.39, 0.29) is 12.0 Å². The minimum absolute atomic E-state index is 0.0312. The molecule has 1 aromatic heterocycles. The first kappa shape index (κ1) is 17.4. The van der Waals surface area contributed by atoms with Gasteiger partial charge in [0.05, 0.1) is 24.9 Å². The van der Waals surface area contributed by atoms with Gasteiger partial charge in [0.25, 0.3) is 5.91 Å². The van der Waals surface area contributed by atoms with Crippen LogP contribution in [0.1, 0.15) is 24.2 Å². The number of piperidine rings is 1. The second-order valence-electron chi connectivity index (χ2n) is 6.80. The zero-order valence-corrected chi connectivity index (χ0v) is 14.9. The molecular formula is C17H28N4O3. The lowest BCUT2D eigenvalue weighted by molar-refractivity contribution is -0.165. The summed E-state index contributed by atoms with van der Waals surface area (Å²) in [5.74, 6) is 0.105. The van der Waals surface area contributed by atoms with Gasteiger partial charge in [0.15, 0.2) is 0 Å². The van der Waals surface area contributed by atoms with Crippen molar-refractivity contribution in [3.8, 4) is 0 Å². The number of aryl methyl sites for hydroxylation is 2. The Morgan fingerprint density at radius 3 is 2.83 bits per heavy atom. The summed E-state index contributed by atoms with van der Waals surface area (Å²) in [5, 5.41) is 7.79. The van der Waals surface area contributed by atoms with Crippen molar-refractivity contribution >= 4 is 5.91 Å². The van der Waals surface area contributed by atoms with Gasteiger partial charge in [0.2, 0.25) is 0 Å². The number of amides is 1. The third kappa shape index (κ3) is 3.48. The molecule has 3 heterocycles. The Morgan fingerprint density at radius 2 is 2.21 bits per heavy atom. The van der Waals surface area contributed by atoms with E-state index < -0.39 is 5.60 Å². The average Bonchev–Trinajstić information content (AvgIpc) is 2.92. The van der Waals surface area contributed by atoms with Gasteiger partial charge in [-0.15, -0.1) is 0 Å². The number of nitrogens with zero attached hydrogens (tertiary/aromatic N) is 3. The second-order valence-corrected chi connectivity index (χ2v) is 6.80. The number of carbonyl (C=O) groups excluding carboxylic acids is 1. The number of aromatic nitrogens is 2. The monoisotopic (exact) mass is 336 g/mol. The van der Waals surface area contributed by atoms with Crippen molar-refractivity contribution in [2.75, 3.05) is 39.9 Å². The van der Waals surface area contributed by atoms with E-state index in [1.807, 2.05) is 23.4 Å². The van der Waals surface area contributed by atoms with Crippen LogP contribution in [0.15, 0.2) is 6.07 Å². The van der Waals surface area contributed by atoms with Crippen LogP contribution in [0.2, 0.25) is 0 Å². The summed E-state index contributed by atoms with van der Waals surface area (Å²) in [5.41, 5.74) is 1.45. The van der Waals surface area contributed by atoms with Crippen molar-refractivity contribution in [3.63, 3.8) is 0 Å². The molecule has 1 amide bonds. The molecule has 2 aliphatic rings. The molecule has 7 heteroatoms. The minimum Gasteiger partial charge on any atom is -0.373 e. The Kier molecular flexibility index (Phi) is 5.22. The van der Waals surface area contributed by atoms with Gasteiger partial charge >= 0.3 is 0 Å². The second kappa shape index (κ2) is 7.21. The maximum Gasteiger partial charge on any atom is 0.255 e. The Morgan fingerprint density at radius 1 is 1.46 bits per heavy atom. The number of morpholine rings is 1. The molecule has 2 saturated heterocycles. The molecule has 3 rings (SSSR count). The molecule has 0 saturated carbocycles. The number of hydrogen-bond acceptors (Lipinski definition) is 5. The highest BCUT2D eigenvalue weighted by Gasteiger charge is 2.43. The highest BCUT2D eigenvalue weighted by Crippen LogP contribution is 2.26. The minimum atomic E-state index is -0.675. The first-order valence-corrected chi connectivity index (χ1v) is 8.72. The zero-order valence-electron chi connectivity index (χ0n) is 14.9. The molecule has 7 nitrogen and oxygen atoms in total. The lowest BCUT2D eigenvalue weighted by Gasteiger charge is -2.41. The first-order chi connectivity index (χ1) is 11.5. The largest absolute Gasteiger partial charge is 0.373 e. The van der Waals surface area contributed by atoms with Gasteiger partial charge in [-0.1, -0.05) is 0 Å². The van der Waals surface area contributed by atoms with Crippen molar-refractivity contribution < 1.29 is 14.3 Å². The molecule has 0 aromatic carbocycles. The van der Waals surface area contributed by atoms with E-state index in [0.717, 1.165) is 37.3 Å². The summed E-state index contributed by atoms with van der Waals surface area (Å²) in [4.78, 5) is 15.0. The predicted molar refractivity (Wildman–Crippen MR) is 89.9 cm³/mol. The molecule has 134 valence electrons. The fourth-order valence-corrected chi connectivity index (χ4v) is 3.69. The van der Waals surface area contributed by atoms with E-state index in [9.17, 15) is 4.79 Å². The van der Waals surface area contributed by atoms with Crippen LogP contribution in [0.25, 0.3) is 0 Å². The zero-order chi connectivity index (χ0) is 17.2. The smallest absolute Gasteiger partial charge is 0.255 e. The number of methoxy groups -OCH3 is 1. The summed E-state index contributed by atoms with van der Waals surface area (Å²) in [6, 6.07) is 2.06. The molecule has 0 bridgehead atoms. The molecule has 0 radical (unpaired) electrons. The summed E-state index contributed by atoms with van der Waals surface area (Å²) in [6.07, 6.45) is 1.42. The molecule has 1 aromatic rings. The molecule has 24 heavy (non-hydrogen) atoms. The Hall–Kier alpha value is -1.44. The lowest BCUT2D eigenvalue weighted by atomic mass is 9.90. The van der Waals surface area contributed by atoms with Crippen molar-refractivity contribution in [1.29, 1.82) is 0 Å². The maximum atomic E-state index is 13.1. The van der Waals surface area contributed by atoms with E-state index in [4.69, 9.17) is 9.47 Å². The van der Waals surface area contributed by atoms with Crippen molar-refractivity contribution in [2.45, 2.75) is 44.9 Å². The highest BCUT2D eigenvalue weighted by molar-refractivity contribution is 5.85. The van der Waals surface area contributed by atoms with Crippen LogP contribution in [-0.2, 0) is 20.8 Å². The molecule has 0 spiro atoms. The third-order valence-corrected chi connectivity index (χ3v) is 5.10. The maximum absolute atomic E-state index is 13.1. The van der Waals surface area contributed by atoms with Gasteiger partial charge in [0.1, 0.15) is 5.60 Å². The van der Waals surface area contributed by atoms with Gasteiger partial charge in [-0.05, 0) is 45.8 Å². The number of hydrogen-bond donors (Lipinski definition) is 1. The summed E-state index contributed by atoms with van der Waals surface area (Å²) in [7, 11) is 1.65. The fourth-order valence-electron chi connectivity index (χ4n) is 3.69. The first-order valence-electron chi connectivity index (χ1n) is 8.72. The Bertz CT molecular complexity index is 580. The van der Waals surface area contributed by atoms with Crippen LogP contribution in [0, 0.1) is 13.8 Å². The standard InChI is InChI=1S/C17H28N4O3/c1-13-10-14(2)21(19-13)12-15-11-20(8-9-24-15)16(22)17(23-3)4-6-18-7-5-17/h10,15,18H,4-9,11-12H2,1-3H3. The van der Waals surface area contributed by atoms with E-state index in [2.05, 4.69) is 16.5 Å². The van der Waals surface area contributed by atoms with E-state index in [1.165, 1.54) is 0 Å². The molecule has 0 aliphatic carbocycles. The summed E-state index contributed by atoms with van der Waals surface area (Å²) < 4.78 is 13.5. The SMILES string of the molecule is COC1(C(=O)N2CCOC(Cn3nc(C)cc3C)C2)CCNCC1. The predicted octanol–water partition coefficient (Wildman–Crippen LogP) is 0.496. The van der Waals surface area contributed by atoms with Gasteiger partial charge in [-0.2, -0.15) is 5.10 Å². The summed E-state index contributed by atoms with van der Waals surface area (Å²) in [6.45, 7) is 8.12. The number of carbonyl (C=O) groups is 1. The highest BCUT2D eigenvalue weighted by atomic mass is 16.5. The van der Waals surface area contributed by atoms with E-state index in [1.54, 1.807) is 7.11 Å². The van der Waals surface area contributed by atoms with Crippen LogP contribution in [-0.4, -0.2) is 72.2 Å². The summed E-state index contributed by atoms with van der Waals surface area (Å²) >= 11 is 0. The number of rotatable bonds is 4.